The minimum atomic E-state index is -3.22. The minimum absolute atomic E-state index is 0.0748. The third-order valence-corrected chi connectivity index (χ3v) is 11.8. The van der Waals surface area contributed by atoms with Crippen LogP contribution in [0.15, 0.2) is 169 Å². The first-order chi connectivity index (χ1) is 37.2. The Labute approximate surface area is 457 Å². The lowest BCUT2D eigenvalue weighted by Crippen LogP contribution is -2.17. The number of nitrogens with two attached hydrogens (primary N) is 1. The van der Waals surface area contributed by atoms with Gasteiger partial charge in [-0.3, -0.25) is 19.5 Å². The van der Waals surface area contributed by atoms with Crippen LogP contribution >= 0.6 is 50.5 Å². The standard InChI is InChI=1S/C18H12ClN3O2.C18H14N4O2.C18H13N3O3.Cl3OP/c2*19-18-21-15(12-8-4-5-9-20-12)14-16(22-18)13(24-17(14)23)10-11-6-2-1-3-7-11;22-17-14-15(12-8-4-5-9-19-12)20-18(23)21-16(14)13(24-17)10-11-6-2-1-3-7-11;1-5(2,3)4/h1-9,13H,10H2;1-9,13H,10H2,(H2,19,21,22);1-9,13H,10H2,(H,20,21,23);. The van der Waals surface area contributed by atoms with E-state index in [-0.39, 0.29) is 22.5 Å². The van der Waals surface area contributed by atoms with Gasteiger partial charge in [-0.1, -0.05) is 109 Å². The summed E-state index contributed by atoms with van der Waals surface area (Å²) in [5, 5.41) is -3.15. The Bertz CT molecular complexity index is 3530. The zero-order valence-electron chi connectivity index (χ0n) is 39.8. The van der Waals surface area contributed by atoms with Crippen molar-refractivity contribution in [2.75, 3.05) is 5.73 Å². The topological polar surface area (TPSA) is 258 Å². The van der Waals surface area contributed by atoms with Gasteiger partial charge in [-0.05, 0) is 98.4 Å². The Morgan fingerprint density at radius 2 is 0.831 bits per heavy atom. The smallest absolute Gasteiger partial charge is 0.345 e. The van der Waals surface area contributed by atoms with E-state index >= 15 is 0 Å². The van der Waals surface area contributed by atoms with Crippen LogP contribution in [0.25, 0.3) is 34.2 Å². The summed E-state index contributed by atoms with van der Waals surface area (Å²) in [5.41, 5.74) is 13.6. The van der Waals surface area contributed by atoms with Gasteiger partial charge in [-0.15, -0.1) is 0 Å². The second kappa shape index (κ2) is 24.2. The molecule has 9 heterocycles. The highest BCUT2D eigenvalue weighted by Crippen LogP contribution is 2.61. The number of rotatable bonds is 9. The van der Waals surface area contributed by atoms with Gasteiger partial charge in [0.25, 0.3) is 0 Å². The maximum atomic E-state index is 12.4. The number of aromatic nitrogens is 9. The lowest BCUT2D eigenvalue weighted by atomic mass is 10.0. The predicted octanol–water partition coefficient (Wildman–Crippen LogP) is 11.3. The Hall–Kier alpha value is -8.25. The number of esters is 3. The molecule has 23 heteroatoms. The number of nitrogens with one attached hydrogen (secondary N) is 1. The molecule has 6 aromatic heterocycles. The first-order valence-corrected chi connectivity index (χ1v) is 28.0. The van der Waals surface area contributed by atoms with Crippen LogP contribution in [0.4, 0.5) is 5.95 Å². The number of carbonyl (C=O) groups excluding carboxylic acids is 3. The molecule has 9 aromatic rings. The molecule has 0 radical (unpaired) electrons. The van der Waals surface area contributed by atoms with Crippen molar-refractivity contribution < 1.29 is 33.2 Å². The summed E-state index contributed by atoms with van der Waals surface area (Å²) in [6, 6.07) is 45.3. The number of hydrogen-bond donors (Lipinski definition) is 2. The molecule has 3 atom stereocenters. The number of nitrogens with zero attached hydrogens (tertiary/aromatic N) is 8. The highest BCUT2D eigenvalue weighted by atomic mass is 36.0. The average molecular weight is 1130 g/mol. The van der Waals surface area contributed by atoms with Crippen molar-refractivity contribution in [2.24, 2.45) is 0 Å². The van der Waals surface area contributed by atoms with Crippen molar-refractivity contribution in [2.45, 2.75) is 37.6 Å². The molecule has 77 heavy (non-hydrogen) atoms. The number of ether oxygens (including phenoxy) is 3. The van der Waals surface area contributed by atoms with Crippen LogP contribution in [0.1, 0.15) is 83.2 Å². The Morgan fingerprint density at radius 1 is 0.468 bits per heavy atom. The number of aromatic amines is 1. The number of hydrogen-bond acceptors (Lipinski definition) is 17. The summed E-state index contributed by atoms with van der Waals surface area (Å²) < 4.78 is 26.0. The van der Waals surface area contributed by atoms with Crippen LogP contribution in [-0.2, 0) is 38.0 Å². The molecular formula is C54H39Cl4N10O8P. The maximum Gasteiger partial charge on any atom is 0.345 e. The number of cyclic esters (lactones) is 3. The summed E-state index contributed by atoms with van der Waals surface area (Å²) in [7, 11) is 0. The van der Waals surface area contributed by atoms with Crippen molar-refractivity contribution in [3.8, 4) is 34.2 Å². The molecule has 386 valence electrons. The normalized spacial score (nSPS) is 15.6. The second-order valence-electron chi connectivity index (χ2n) is 16.8. The van der Waals surface area contributed by atoms with E-state index in [0.717, 1.165) is 16.7 Å². The largest absolute Gasteiger partial charge is 0.452 e. The van der Waals surface area contributed by atoms with Crippen LogP contribution in [0, 0.1) is 0 Å². The Kier molecular flexibility index (Phi) is 16.8. The van der Waals surface area contributed by atoms with E-state index < -0.39 is 47.1 Å². The van der Waals surface area contributed by atoms with E-state index in [1.165, 1.54) is 0 Å². The first-order valence-electron chi connectivity index (χ1n) is 23.2. The van der Waals surface area contributed by atoms with Crippen LogP contribution in [0.5, 0.6) is 0 Å². The van der Waals surface area contributed by atoms with Gasteiger partial charge >= 0.3 is 28.8 Å². The second-order valence-corrected chi connectivity index (χ2v) is 23.7. The summed E-state index contributed by atoms with van der Waals surface area (Å²) in [6.45, 7) is 0. The van der Waals surface area contributed by atoms with Crippen molar-refractivity contribution in [3.63, 3.8) is 0 Å². The lowest BCUT2D eigenvalue weighted by Gasteiger charge is -2.10. The molecule has 18 nitrogen and oxygen atoms in total. The quantitative estimate of drug-likeness (QED) is 0.0589. The molecule has 0 saturated carbocycles. The van der Waals surface area contributed by atoms with Crippen molar-refractivity contribution in [3.05, 3.63) is 230 Å². The summed E-state index contributed by atoms with van der Waals surface area (Å²) in [4.78, 5) is 85.3. The number of anilines is 1. The number of H-pyrrole nitrogens is 1. The van der Waals surface area contributed by atoms with E-state index in [0.29, 0.717) is 75.9 Å². The van der Waals surface area contributed by atoms with Gasteiger partial charge in [0.1, 0.15) is 63.5 Å². The summed E-state index contributed by atoms with van der Waals surface area (Å²) in [6.07, 6.45) is 4.95. The molecule has 3 aliphatic heterocycles. The van der Waals surface area contributed by atoms with Crippen molar-refractivity contribution in [1.82, 2.24) is 44.9 Å². The fourth-order valence-corrected chi connectivity index (χ4v) is 8.63. The van der Waals surface area contributed by atoms with Gasteiger partial charge in [0.05, 0.1) is 22.8 Å². The fraction of sp³-hybridized carbons (Fsp3) is 0.111. The van der Waals surface area contributed by atoms with Crippen LogP contribution in [-0.4, -0.2) is 62.8 Å². The molecule has 0 amide bonds. The molecule has 12 rings (SSSR count). The van der Waals surface area contributed by atoms with Crippen LogP contribution in [0.3, 0.4) is 0 Å². The summed E-state index contributed by atoms with van der Waals surface area (Å²) >= 11 is 19.9. The third-order valence-electron chi connectivity index (χ3n) is 11.6. The number of fused-ring (bicyclic) bond motifs is 3. The molecular weight excluding hydrogens is 1090 g/mol. The van der Waals surface area contributed by atoms with Gasteiger partial charge in [0.2, 0.25) is 11.2 Å². The minimum Gasteiger partial charge on any atom is -0.452 e. The molecule has 0 fully saturated rings. The molecule has 0 aliphatic carbocycles. The number of nitrogen functional groups attached to an aromatic ring is 1. The Balaban J connectivity index is 0.000000135. The van der Waals surface area contributed by atoms with Crippen LogP contribution < -0.4 is 11.4 Å². The van der Waals surface area contributed by atoms with Gasteiger partial charge in [-0.2, -0.15) is 4.98 Å². The zero-order valence-corrected chi connectivity index (χ0v) is 43.7. The SMILES string of the molecule is Nc1nc(-c2ccccn2)c2c(n1)C(Cc1ccccc1)OC2=O.O=C1OC(Cc2ccccc2)c2[nH]c(=O)nc(-c3ccccn3)c21.O=C1OC(Cc2ccccc2)c2nc(Cl)nc(-c3ccccn3)c21.O=P(Cl)(Cl)Cl. The zero-order chi connectivity index (χ0) is 54.1. The van der Waals surface area contributed by atoms with Crippen molar-refractivity contribution >= 4 is 74.4 Å². The maximum absolute atomic E-state index is 12.4. The van der Waals surface area contributed by atoms with Crippen molar-refractivity contribution in [1.29, 1.82) is 0 Å². The molecule has 0 spiro atoms. The molecule has 3 unspecified atom stereocenters. The van der Waals surface area contributed by atoms with E-state index in [1.54, 1.807) is 61.1 Å². The van der Waals surface area contributed by atoms with E-state index in [2.05, 4.69) is 78.6 Å². The number of halogens is 4. The molecule has 0 bridgehead atoms. The molecule has 3 aliphatic rings. The van der Waals surface area contributed by atoms with Gasteiger partial charge < -0.3 is 24.9 Å². The molecule has 0 saturated heterocycles. The molecule has 3 aromatic carbocycles. The fourth-order valence-electron chi connectivity index (χ4n) is 8.46. The predicted molar refractivity (Wildman–Crippen MR) is 288 cm³/mol. The summed E-state index contributed by atoms with van der Waals surface area (Å²) in [5.74, 6) is -1.27. The van der Waals surface area contributed by atoms with E-state index in [1.807, 2.05) is 103 Å². The first kappa shape index (κ1) is 53.6. The van der Waals surface area contributed by atoms with Gasteiger partial charge in [0.15, 0.2) is 0 Å². The van der Waals surface area contributed by atoms with Crippen LogP contribution in [0.2, 0.25) is 5.28 Å². The number of carbonyl (C=O) groups is 3. The average Bonchev–Trinajstić information content (AvgIpc) is 4.12. The molecule has 3 N–H and O–H groups in total. The monoisotopic (exact) mass is 1130 g/mol. The Morgan fingerprint density at radius 3 is 1.26 bits per heavy atom. The third kappa shape index (κ3) is 13.4. The highest BCUT2D eigenvalue weighted by Gasteiger charge is 2.39. The van der Waals surface area contributed by atoms with E-state index in [4.69, 9.17) is 31.5 Å². The number of pyridine rings is 3. The van der Waals surface area contributed by atoms with Gasteiger partial charge in [-0.25, -0.2) is 39.1 Å². The lowest BCUT2D eigenvalue weighted by molar-refractivity contribution is 0.0373. The van der Waals surface area contributed by atoms with E-state index in [9.17, 15) is 23.7 Å². The van der Waals surface area contributed by atoms with Gasteiger partial charge in [0, 0.05) is 37.9 Å². The number of benzene rings is 3. The highest BCUT2D eigenvalue weighted by molar-refractivity contribution is 8.24.